The third kappa shape index (κ3) is 1.78. The second-order valence-corrected chi connectivity index (χ2v) is 3.00. The number of imide groups is 2. The van der Waals surface area contributed by atoms with E-state index < -0.39 is 30.0 Å². The van der Waals surface area contributed by atoms with Crippen LogP contribution in [0, 0.1) is 0 Å². The molecule has 6 nitrogen and oxygen atoms in total. The molecule has 1 fully saturated rings. The van der Waals surface area contributed by atoms with Crippen molar-refractivity contribution in [2.75, 3.05) is 6.67 Å². The molecule has 1 rings (SSSR count). The molecule has 0 aromatic rings. The quantitative estimate of drug-likeness (QED) is 0.472. The Balaban J connectivity index is 2.86. The fourth-order valence-electron chi connectivity index (χ4n) is 1.17. The topological polar surface area (TPSA) is 74.8 Å². The van der Waals surface area contributed by atoms with Crippen LogP contribution < -0.4 is 0 Å². The van der Waals surface area contributed by atoms with Gasteiger partial charge in [-0.3, -0.25) is 29.0 Å². The monoisotopic (exact) mass is 198 g/mol. The van der Waals surface area contributed by atoms with Crippen LogP contribution in [-0.4, -0.2) is 40.1 Å². The standard InChI is InChI=1S/C8H10N2O4/c1-5(11)9-4-10(6(2)12)8(14)3-7(9)13/h3-4H2,1-2H3. The average Bonchev–Trinajstić information content (AvgIpc) is 2.02. The third-order valence-electron chi connectivity index (χ3n) is 1.95. The van der Waals surface area contributed by atoms with Gasteiger partial charge >= 0.3 is 0 Å². The van der Waals surface area contributed by atoms with E-state index in [1.165, 1.54) is 13.8 Å². The van der Waals surface area contributed by atoms with Gasteiger partial charge < -0.3 is 0 Å². The lowest BCUT2D eigenvalue weighted by Crippen LogP contribution is -2.54. The Labute approximate surface area is 80.5 Å². The summed E-state index contributed by atoms with van der Waals surface area (Å²) in [5.74, 6) is -2.04. The Morgan fingerprint density at radius 3 is 1.64 bits per heavy atom. The van der Waals surface area contributed by atoms with Crippen LogP contribution in [0.15, 0.2) is 0 Å². The highest BCUT2D eigenvalue weighted by Gasteiger charge is 2.33. The van der Waals surface area contributed by atoms with Gasteiger partial charge in [-0.05, 0) is 0 Å². The lowest BCUT2D eigenvalue weighted by Gasteiger charge is -2.31. The lowest BCUT2D eigenvalue weighted by molar-refractivity contribution is -0.160. The zero-order valence-electron chi connectivity index (χ0n) is 7.94. The molecule has 4 amide bonds. The van der Waals surface area contributed by atoms with Crippen LogP contribution in [0.1, 0.15) is 20.3 Å². The predicted molar refractivity (Wildman–Crippen MR) is 44.5 cm³/mol. The molecule has 0 aromatic carbocycles. The zero-order valence-corrected chi connectivity index (χ0v) is 7.94. The highest BCUT2D eigenvalue weighted by atomic mass is 16.2. The minimum absolute atomic E-state index is 0.262. The molecule has 0 N–H and O–H groups in total. The molecule has 1 heterocycles. The van der Waals surface area contributed by atoms with E-state index in [1.54, 1.807) is 0 Å². The first kappa shape index (κ1) is 10.4. The van der Waals surface area contributed by atoms with Crippen molar-refractivity contribution < 1.29 is 19.2 Å². The van der Waals surface area contributed by atoms with Gasteiger partial charge in [-0.15, -0.1) is 0 Å². The Bertz CT molecular complexity index is 293. The maximum Gasteiger partial charge on any atom is 0.240 e. The second kappa shape index (κ2) is 3.57. The number of nitrogens with zero attached hydrogens (tertiary/aromatic N) is 2. The van der Waals surface area contributed by atoms with E-state index in [9.17, 15) is 19.2 Å². The van der Waals surface area contributed by atoms with Gasteiger partial charge in [-0.1, -0.05) is 0 Å². The van der Waals surface area contributed by atoms with Gasteiger partial charge in [-0.25, -0.2) is 0 Å². The van der Waals surface area contributed by atoms with Gasteiger partial charge in [0, 0.05) is 13.8 Å². The molecule has 1 aliphatic heterocycles. The van der Waals surface area contributed by atoms with E-state index in [4.69, 9.17) is 0 Å². The van der Waals surface area contributed by atoms with Crippen molar-refractivity contribution in [2.24, 2.45) is 0 Å². The van der Waals surface area contributed by atoms with Gasteiger partial charge in [0.2, 0.25) is 23.6 Å². The highest BCUT2D eigenvalue weighted by Crippen LogP contribution is 2.09. The van der Waals surface area contributed by atoms with Gasteiger partial charge in [0.05, 0.1) is 0 Å². The summed E-state index contributed by atoms with van der Waals surface area (Å²) in [6.45, 7) is 2.17. The highest BCUT2D eigenvalue weighted by molar-refractivity contribution is 6.09. The maximum atomic E-state index is 11.2. The molecule has 0 atom stereocenters. The summed E-state index contributed by atoms with van der Waals surface area (Å²) in [7, 11) is 0. The van der Waals surface area contributed by atoms with Gasteiger partial charge in [-0.2, -0.15) is 0 Å². The lowest BCUT2D eigenvalue weighted by atomic mass is 10.2. The molecule has 0 radical (unpaired) electrons. The van der Waals surface area contributed by atoms with E-state index in [1.807, 2.05) is 0 Å². The first-order valence-electron chi connectivity index (χ1n) is 4.05. The Hall–Kier alpha value is -1.72. The van der Waals surface area contributed by atoms with E-state index in [2.05, 4.69) is 0 Å². The maximum absolute atomic E-state index is 11.2. The molecule has 0 bridgehead atoms. The number of rotatable bonds is 0. The summed E-state index contributed by atoms with van der Waals surface area (Å²) in [6.07, 6.45) is -0.418. The van der Waals surface area contributed by atoms with Crippen LogP contribution in [0.3, 0.4) is 0 Å². The van der Waals surface area contributed by atoms with Crippen molar-refractivity contribution in [3.63, 3.8) is 0 Å². The number of hydrogen-bond acceptors (Lipinski definition) is 4. The number of hydrogen-bond donors (Lipinski definition) is 0. The van der Waals surface area contributed by atoms with Crippen LogP contribution in [0.4, 0.5) is 0 Å². The Morgan fingerprint density at radius 2 is 1.36 bits per heavy atom. The first-order valence-corrected chi connectivity index (χ1v) is 4.05. The largest absolute Gasteiger partial charge is 0.275 e. The van der Waals surface area contributed by atoms with Crippen LogP contribution in [0.5, 0.6) is 0 Å². The predicted octanol–water partition coefficient (Wildman–Crippen LogP) is -0.902. The molecule has 1 saturated heterocycles. The van der Waals surface area contributed by atoms with Crippen molar-refractivity contribution in [3.8, 4) is 0 Å². The molecule has 76 valence electrons. The zero-order chi connectivity index (χ0) is 10.9. The van der Waals surface area contributed by atoms with Crippen molar-refractivity contribution in [1.82, 2.24) is 9.80 Å². The molecule has 0 spiro atoms. The van der Waals surface area contributed by atoms with E-state index in [-0.39, 0.29) is 6.67 Å². The van der Waals surface area contributed by atoms with E-state index in [0.29, 0.717) is 0 Å². The van der Waals surface area contributed by atoms with Gasteiger partial charge in [0.1, 0.15) is 13.1 Å². The summed E-state index contributed by atoms with van der Waals surface area (Å²) >= 11 is 0. The smallest absolute Gasteiger partial charge is 0.240 e. The summed E-state index contributed by atoms with van der Waals surface area (Å²) in [5, 5.41) is 0. The fraction of sp³-hybridized carbons (Fsp3) is 0.500. The number of carbonyl (C=O) groups is 4. The molecule has 0 aromatic heterocycles. The molecular formula is C8H10N2O4. The molecular weight excluding hydrogens is 188 g/mol. The van der Waals surface area contributed by atoms with Crippen LogP contribution >= 0.6 is 0 Å². The van der Waals surface area contributed by atoms with Crippen molar-refractivity contribution in [3.05, 3.63) is 0 Å². The van der Waals surface area contributed by atoms with Crippen molar-refractivity contribution in [1.29, 1.82) is 0 Å². The van der Waals surface area contributed by atoms with Crippen LogP contribution in [0.2, 0.25) is 0 Å². The van der Waals surface area contributed by atoms with Gasteiger partial charge in [0.25, 0.3) is 0 Å². The second-order valence-electron chi connectivity index (χ2n) is 3.00. The number of carbonyl (C=O) groups excluding carboxylic acids is 4. The number of amides is 4. The third-order valence-corrected chi connectivity index (χ3v) is 1.95. The molecule has 6 heteroatoms. The van der Waals surface area contributed by atoms with Crippen LogP contribution in [-0.2, 0) is 19.2 Å². The van der Waals surface area contributed by atoms with E-state index in [0.717, 1.165) is 9.80 Å². The Morgan fingerprint density at radius 1 is 1.00 bits per heavy atom. The Kier molecular flexibility index (Phi) is 2.64. The summed E-state index contributed by atoms with van der Waals surface area (Å²) < 4.78 is 0. The molecule has 0 aliphatic carbocycles. The SMILES string of the molecule is CC(=O)N1CN(C(C)=O)C(=O)CC1=O. The molecule has 0 unspecified atom stereocenters. The molecule has 1 aliphatic rings. The minimum atomic E-state index is -0.556. The normalized spacial score (nSPS) is 17.3. The van der Waals surface area contributed by atoms with E-state index >= 15 is 0 Å². The average molecular weight is 198 g/mol. The molecule has 0 saturated carbocycles. The van der Waals surface area contributed by atoms with Gasteiger partial charge in [0.15, 0.2) is 0 Å². The summed E-state index contributed by atoms with van der Waals surface area (Å²) in [6, 6.07) is 0. The summed E-state index contributed by atoms with van der Waals surface area (Å²) in [5.41, 5.74) is 0. The summed E-state index contributed by atoms with van der Waals surface area (Å²) in [4.78, 5) is 46.0. The molecule has 14 heavy (non-hydrogen) atoms. The first-order chi connectivity index (χ1) is 6.43. The van der Waals surface area contributed by atoms with Crippen LogP contribution in [0.25, 0.3) is 0 Å². The van der Waals surface area contributed by atoms with Crippen molar-refractivity contribution >= 4 is 23.6 Å². The van der Waals surface area contributed by atoms with Crippen molar-refractivity contribution in [2.45, 2.75) is 20.3 Å². The fourth-order valence-corrected chi connectivity index (χ4v) is 1.17. The minimum Gasteiger partial charge on any atom is -0.275 e.